The van der Waals surface area contributed by atoms with Crippen molar-refractivity contribution in [3.05, 3.63) is 95.8 Å². The van der Waals surface area contributed by atoms with Crippen molar-refractivity contribution < 1.29 is 14.4 Å². The monoisotopic (exact) mass is 453 g/mol. The smallest absolute Gasteiger partial charge is 0.267 e. The van der Waals surface area contributed by atoms with Gasteiger partial charge in [0.25, 0.3) is 5.91 Å². The quantitative estimate of drug-likeness (QED) is 0.290. The second kappa shape index (κ2) is 10.5. The van der Waals surface area contributed by atoms with E-state index >= 15 is 0 Å². The molecule has 1 fully saturated rings. The summed E-state index contributed by atoms with van der Waals surface area (Å²) in [7, 11) is 0. The molecule has 6 heteroatoms. The summed E-state index contributed by atoms with van der Waals surface area (Å²) in [5, 5.41) is 0. The normalized spacial score (nSPS) is 16.2. The number of hydrogen-bond donors (Lipinski definition) is 2. The number of nitrogens with zero attached hydrogens (tertiary/aromatic N) is 1. The SMILES string of the molecule is O=C(/C=C/c1ccc(Cc2nc3cc(-c4ccccc4)ccc3[nH]2)cc1)NOC1CCCCO1. The number of carbonyl (C=O) groups excluding carboxylic acids is 1. The number of hydroxylamine groups is 1. The average Bonchev–Trinajstić information content (AvgIpc) is 3.29. The minimum Gasteiger partial charge on any atom is -0.350 e. The Bertz CT molecular complexity index is 1270. The molecule has 0 aliphatic carbocycles. The molecular formula is C28H27N3O3. The number of amides is 1. The molecule has 34 heavy (non-hydrogen) atoms. The molecule has 6 nitrogen and oxygen atoms in total. The van der Waals surface area contributed by atoms with Gasteiger partial charge in [-0.1, -0.05) is 60.7 Å². The van der Waals surface area contributed by atoms with Gasteiger partial charge in [0.05, 0.1) is 11.0 Å². The fourth-order valence-corrected chi connectivity index (χ4v) is 4.03. The third kappa shape index (κ3) is 5.60. The highest BCUT2D eigenvalue weighted by molar-refractivity contribution is 5.91. The number of aromatic nitrogens is 2. The lowest BCUT2D eigenvalue weighted by Gasteiger charge is -2.21. The average molecular weight is 454 g/mol. The first-order valence-corrected chi connectivity index (χ1v) is 11.6. The van der Waals surface area contributed by atoms with Crippen LogP contribution in [0, 0.1) is 0 Å². The fourth-order valence-electron chi connectivity index (χ4n) is 4.03. The molecule has 2 N–H and O–H groups in total. The zero-order valence-electron chi connectivity index (χ0n) is 18.9. The summed E-state index contributed by atoms with van der Waals surface area (Å²) in [4.78, 5) is 25.5. The molecular weight excluding hydrogens is 426 g/mol. The minimum absolute atomic E-state index is 0.310. The van der Waals surface area contributed by atoms with Crippen molar-refractivity contribution in [2.45, 2.75) is 32.0 Å². The second-order valence-electron chi connectivity index (χ2n) is 8.41. The Kier molecular flexibility index (Phi) is 6.79. The highest BCUT2D eigenvalue weighted by atomic mass is 16.8. The van der Waals surface area contributed by atoms with E-state index in [-0.39, 0.29) is 12.2 Å². The summed E-state index contributed by atoms with van der Waals surface area (Å²) < 4.78 is 5.43. The number of fused-ring (bicyclic) bond motifs is 1. The Balaban J connectivity index is 1.18. The molecule has 172 valence electrons. The zero-order chi connectivity index (χ0) is 23.2. The van der Waals surface area contributed by atoms with Gasteiger partial charge in [-0.15, -0.1) is 0 Å². The van der Waals surface area contributed by atoms with E-state index in [4.69, 9.17) is 14.6 Å². The predicted molar refractivity (Wildman–Crippen MR) is 133 cm³/mol. The molecule has 1 amide bonds. The van der Waals surface area contributed by atoms with Gasteiger partial charge in [-0.05, 0) is 53.3 Å². The van der Waals surface area contributed by atoms with E-state index in [2.05, 4.69) is 40.8 Å². The Morgan fingerprint density at radius 2 is 1.91 bits per heavy atom. The lowest BCUT2D eigenvalue weighted by atomic mass is 10.1. The molecule has 0 radical (unpaired) electrons. The molecule has 2 heterocycles. The number of aromatic amines is 1. The van der Waals surface area contributed by atoms with Gasteiger partial charge in [-0.2, -0.15) is 0 Å². The highest BCUT2D eigenvalue weighted by Crippen LogP contribution is 2.24. The predicted octanol–water partition coefficient (Wildman–Crippen LogP) is 5.41. The third-order valence-corrected chi connectivity index (χ3v) is 5.85. The molecule has 1 aliphatic heterocycles. The van der Waals surface area contributed by atoms with E-state index in [1.165, 1.54) is 11.6 Å². The van der Waals surface area contributed by atoms with Gasteiger partial charge in [-0.25, -0.2) is 15.3 Å². The van der Waals surface area contributed by atoms with Crippen LogP contribution in [0.5, 0.6) is 0 Å². The lowest BCUT2D eigenvalue weighted by molar-refractivity contribution is -0.198. The summed E-state index contributed by atoms with van der Waals surface area (Å²) in [5.41, 5.74) is 8.83. The van der Waals surface area contributed by atoms with Crippen LogP contribution in [0.3, 0.4) is 0 Å². The van der Waals surface area contributed by atoms with Crippen molar-refractivity contribution in [1.82, 2.24) is 15.4 Å². The van der Waals surface area contributed by atoms with Crippen LogP contribution in [0.1, 0.15) is 36.2 Å². The Morgan fingerprint density at radius 3 is 2.71 bits per heavy atom. The van der Waals surface area contributed by atoms with Crippen LogP contribution in [0.4, 0.5) is 0 Å². The van der Waals surface area contributed by atoms with Gasteiger partial charge in [0, 0.05) is 25.5 Å². The van der Waals surface area contributed by atoms with Crippen LogP contribution < -0.4 is 5.48 Å². The first-order chi connectivity index (χ1) is 16.7. The van der Waals surface area contributed by atoms with Crippen LogP contribution >= 0.6 is 0 Å². The Labute approximate surface area is 198 Å². The molecule has 5 rings (SSSR count). The summed E-state index contributed by atoms with van der Waals surface area (Å²) in [5.74, 6) is 0.611. The Morgan fingerprint density at radius 1 is 1.06 bits per heavy atom. The first-order valence-electron chi connectivity index (χ1n) is 11.6. The van der Waals surface area contributed by atoms with E-state index in [0.717, 1.165) is 52.8 Å². The Hall–Kier alpha value is -3.74. The molecule has 1 unspecified atom stereocenters. The van der Waals surface area contributed by atoms with Crippen LogP contribution in [0.15, 0.2) is 78.9 Å². The third-order valence-electron chi connectivity index (χ3n) is 5.85. The number of rotatable bonds is 7. The number of carbonyl (C=O) groups is 1. The van der Waals surface area contributed by atoms with Crippen molar-refractivity contribution in [3.8, 4) is 11.1 Å². The van der Waals surface area contributed by atoms with Crippen LogP contribution in [-0.2, 0) is 20.8 Å². The number of nitrogens with one attached hydrogen (secondary N) is 2. The molecule has 1 saturated heterocycles. The maximum absolute atomic E-state index is 12.0. The van der Waals surface area contributed by atoms with E-state index in [1.807, 2.05) is 42.5 Å². The number of benzene rings is 3. The van der Waals surface area contributed by atoms with Gasteiger partial charge in [0.15, 0.2) is 6.29 Å². The minimum atomic E-state index is -0.353. The topological polar surface area (TPSA) is 76.2 Å². The van der Waals surface area contributed by atoms with E-state index in [0.29, 0.717) is 13.0 Å². The number of imidazole rings is 1. The molecule has 0 bridgehead atoms. The van der Waals surface area contributed by atoms with Gasteiger partial charge < -0.3 is 9.72 Å². The molecule has 4 aromatic rings. The van der Waals surface area contributed by atoms with Gasteiger partial charge in [0.1, 0.15) is 5.82 Å². The largest absolute Gasteiger partial charge is 0.350 e. The molecule has 0 spiro atoms. The maximum atomic E-state index is 12.0. The summed E-state index contributed by atoms with van der Waals surface area (Å²) in [6, 6.07) is 24.7. The zero-order valence-corrected chi connectivity index (χ0v) is 18.9. The van der Waals surface area contributed by atoms with Crippen LogP contribution in [0.25, 0.3) is 28.2 Å². The maximum Gasteiger partial charge on any atom is 0.267 e. The van der Waals surface area contributed by atoms with Gasteiger partial charge >= 0.3 is 0 Å². The van der Waals surface area contributed by atoms with Crippen molar-refractivity contribution in [1.29, 1.82) is 0 Å². The second-order valence-corrected chi connectivity index (χ2v) is 8.41. The van der Waals surface area contributed by atoms with Gasteiger partial charge in [-0.3, -0.25) is 4.79 Å². The number of ether oxygens (including phenoxy) is 1. The van der Waals surface area contributed by atoms with Crippen molar-refractivity contribution in [2.24, 2.45) is 0 Å². The van der Waals surface area contributed by atoms with Crippen LogP contribution in [0.2, 0.25) is 0 Å². The molecule has 1 atom stereocenters. The first kappa shape index (κ1) is 22.1. The molecule has 3 aromatic carbocycles. The van der Waals surface area contributed by atoms with Crippen molar-refractivity contribution in [2.75, 3.05) is 6.61 Å². The summed E-state index contributed by atoms with van der Waals surface area (Å²) in [6.07, 6.45) is 6.45. The summed E-state index contributed by atoms with van der Waals surface area (Å²) in [6.45, 7) is 0.672. The lowest BCUT2D eigenvalue weighted by Crippen LogP contribution is -2.32. The van der Waals surface area contributed by atoms with E-state index < -0.39 is 0 Å². The molecule has 1 aromatic heterocycles. The number of H-pyrrole nitrogens is 1. The number of hydrogen-bond acceptors (Lipinski definition) is 4. The molecule has 0 saturated carbocycles. The highest BCUT2D eigenvalue weighted by Gasteiger charge is 2.15. The van der Waals surface area contributed by atoms with Crippen LogP contribution in [-0.4, -0.2) is 28.8 Å². The standard InChI is InChI=1S/C28H27N3O3/c32-27(31-34-28-8-4-5-17-33-28)16-13-20-9-11-21(12-10-20)18-26-29-24-15-14-23(19-25(24)30-26)22-6-2-1-3-7-22/h1-3,6-7,9-16,19,28H,4-5,8,17-18H2,(H,29,30)(H,31,32)/b16-13+. The van der Waals surface area contributed by atoms with E-state index in [1.54, 1.807) is 6.08 Å². The van der Waals surface area contributed by atoms with Crippen molar-refractivity contribution in [3.63, 3.8) is 0 Å². The fraction of sp³-hybridized carbons (Fsp3) is 0.214. The van der Waals surface area contributed by atoms with Gasteiger partial charge in [0.2, 0.25) is 0 Å². The molecule has 1 aliphatic rings. The summed E-state index contributed by atoms with van der Waals surface area (Å²) >= 11 is 0. The van der Waals surface area contributed by atoms with Crippen molar-refractivity contribution >= 4 is 23.0 Å². The van der Waals surface area contributed by atoms with E-state index in [9.17, 15) is 4.79 Å².